The minimum absolute atomic E-state index is 0.0117. The molecular weight excluding hydrogens is 396 g/mol. The van der Waals surface area contributed by atoms with Gasteiger partial charge in [0.15, 0.2) is 0 Å². The average molecular weight is 429 g/mol. The number of para-hydroxylation sites is 2. The minimum Gasteiger partial charge on any atom is -0.490 e. The molecule has 4 atom stereocenters. The molecule has 5 rings (SSSR count). The lowest BCUT2D eigenvalue weighted by Gasteiger charge is -2.28. The number of nitrogens with one attached hydrogen (secondary N) is 1. The number of fused-ring (bicyclic) bond motifs is 3. The molecule has 2 fully saturated rings. The van der Waals surface area contributed by atoms with Gasteiger partial charge in [-0.05, 0) is 82.1 Å². The smallest absolute Gasteiger partial charge is 0.252 e. The third kappa shape index (κ3) is 3.99. The molecule has 0 saturated heterocycles. The van der Waals surface area contributed by atoms with E-state index in [4.69, 9.17) is 9.72 Å². The number of carbonyl (C=O) groups is 1. The van der Waals surface area contributed by atoms with Gasteiger partial charge in [-0.25, -0.2) is 4.98 Å². The molecule has 4 heteroatoms. The van der Waals surface area contributed by atoms with Crippen molar-refractivity contribution in [3.8, 4) is 17.0 Å². The number of hydrogen-bond donors (Lipinski definition) is 1. The number of amides is 1. The van der Waals surface area contributed by atoms with E-state index in [1.807, 2.05) is 68.4 Å². The number of pyridine rings is 1. The fourth-order valence-electron chi connectivity index (χ4n) is 5.83. The van der Waals surface area contributed by atoms with Crippen LogP contribution in [0.4, 0.5) is 0 Å². The van der Waals surface area contributed by atoms with Crippen molar-refractivity contribution in [2.24, 2.45) is 17.8 Å². The maximum absolute atomic E-state index is 13.5. The first-order chi connectivity index (χ1) is 15.5. The first-order valence-electron chi connectivity index (χ1n) is 12.0. The predicted molar refractivity (Wildman–Crippen MR) is 129 cm³/mol. The molecule has 32 heavy (non-hydrogen) atoms. The molecule has 3 aromatic rings. The van der Waals surface area contributed by atoms with Crippen LogP contribution in [-0.2, 0) is 0 Å². The summed E-state index contributed by atoms with van der Waals surface area (Å²) in [4.78, 5) is 18.4. The van der Waals surface area contributed by atoms with Gasteiger partial charge in [0.05, 0.1) is 22.9 Å². The predicted octanol–water partition coefficient (Wildman–Crippen LogP) is 6.24. The quantitative estimate of drug-likeness (QED) is 0.505. The van der Waals surface area contributed by atoms with Crippen LogP contribution < -0.4 is 10.1 Å². The second-order valence-corrected chi connectivity index (χ2v) is 9.84. The zero-order chi connectivity index (χ0) is 22.2. The Morgan fingerprint density at radius 2 is 1.81 bits per heavy atom. The van der Waals surface area contributed by atoms with Gasteiger partial charge in [0, 0.05) is 17.0 Å². The van der Waals surface area contributed by atoms with E-state index >= 15 is 0 Å². The third-order valence-electron chi connectivity index (χ3n) is 7.28. The summed E-state index contributed by atoms with van der Waals surface area (Å²) >= 11 is 0. The summed E-state index contributed by atoms with van der Waals surface area (Å²) in [5.74, 6) is 3.02. The lowest BCUT2D eigenvalue weighted by atomic mass is 9.84. The Bertz CT molecular complexity index is 1140. The van der Waals surface area contributed by atoms with Gasteiger partial charge in [0.2, 0.25) is 0 Å². The minimum atomic E-state index is -0.0117. The number of hydrogen-bond acceptors (Lipinski definition) is 3. The summed E-state index contributed by atoms with van der Waals surface area (Å²) in [7, 11) is 0. The fourth-order valence-corrected chi connectivity index (χ4v) is 5.83. The normalized spacial score (nSPS) is 22.9. The van der Waals surface area contributed by atoms with Crippen molar-refractivity contribution in [2.75, 3.05) is 0 Å². The molecule has 2 saturated carbocycles. The maximum atomic E-state index is 13.5. The zero-order valence-electron chi connectivity index (χ0n) is 19.2. The molecule has 2 aliphatic carbocycles. The molecule has 0 aliphatic heterocycles. The van der Waals surface area contributed by atoms with Gasteiger partial charge in [-0.2, -0.15) is 0 Å². The van der Waals surface area contributed by atoms with Gasteiger partial charge in [0.25, 0.3) is 5.91 Å². The van der Waals surface area contributed by atoms with Crippen LogP contribution >= 0.6 is 0 Å². The summed E-state index contributed by atoms with van der Waals surface area (Å²) in [6.45, 7) is 6.21. The van der Waals surface area contributed by atoms with E-state index in [0.29, 0.717) is 11.5 Å². The molecule has 1 aromatic heterocycles. The molecule has 1 heterocycles. The molecule has 2 bridgehead atoms. The van der Waals surface area contributed by atoms with Crippen LogP contribution in [0.1, 0.15) is 56.8 Å². The number of aromatic nitrogens is 1. The number of rotatable bonds is 6. The molecule has 0 unspecified atom stereocenters. The summed E-state index contributed by atoms with van der Waals surface area (Å²) < 4.78 is 6.03. The zero-order valence-corrected chi connectivity index (χ0v) is 19.2. The average Bonchev–Trinajstić information content (AvgIpc) is 3.42. The van der Waals surface area contributed by atoms with Crippen LogP contribution in [0.15, 0.2) is 54.6 Å². The van der Waals surface area contributed by atoms with Gasteiger partial charge in [-0.1, -0.05) is 36.8 Å². The molecule has 1 amide bonds. The van der Waals surface area contributed by atoms with Crippen LogP contribution in [0.25, 0.3) is 22.2 Å². The van der Waals surface area contributed by atoms with Crippen molar-refractivity contribution in [3.05, 3.63) is 60.2 Å². The van der Waals surface area contributed by atoms with Crippen molar-refractivity contribution in [1.82, 2.24) is 10.3 Å². The van der Waals surface area contributed by atoms with E-state index in [1.165, 1.54) is 25.7 Å². The van der Waals surface area contributed by atoms with Crippen molar-refractivity contribution in [3.63, 3.8) is 0 Å². The number of ether oxygens (including phenoxy) is 1. The fraction of sp³-hybridized carbons (Fsp3) is 0.429. The van der Waals surface area contributed by atoms with E-state index in [1.54, 1.807) is 0 Å². The van der Waals surface area contributed by atoms with E-state index in [0.717, 1.165) is 39.7 Å². The van der Waals surface area contributed by atoms with Crippen LogP contribution in [0.2, 0.25) is 0 Å². The van der Waals surface area contributed by atoms with Gasteiger partial charge in [-0.15, -0.1) is 0 Å². The van der Waals surface area contributed by atoms with E-state index < -0.39 is 0 Å². The lowest BCUT2D eigenvalue weighted by Crippen LogP contribution is -2.40. The molecule has 4 nitrogen and oxygen atoms in total. The number of benzene rings is 2. The first kappa shape index (κ1) is 21.0. The Morgan fingerprint density at radius 1 is 1.03 bits per heavy atom. The summed E-state index contributed by atoms with van der Waals surface area (Å²) in [6, 6.07) is 17.9. The van der Waals surface area contributed by atoms with Gasteiger partial charge >= 0.3 is 0 Å². The Balaban J connectivity index is 1.50. The topological polar surface area (TPSA) is 51.2 Å². The molecule has 0 radical (unpaired) electrons. The number of nitrogens with zero attached hydrogens (tertiary/aromatic N) is 1. The van der Waals surface area contributed by atoms with Crippen molar-refractivity contribution in [1.29, 1.82) is 0 Å². The second-order valence-electron chi connectivity index (χ2n) is 9.84. The Hall–Kier alpha value is -2.88. The molecule has 2 aliphatic rings. The standard InChI is InChI=1S/C28H32N2O2/c1-17(2)32-27-11-7-5-9-22(27)26-16-24(21-8-4-6-10-25(21)30-26)28(31)29-18(3)23-15-19-12-13-20(23)14-19/h4-11,16-20,23H,12-15H2,1-3H3,(H,29,31)/t18-,19+,20+,23+/m1/s1. The first-order valence-corrected chi connectivity index (χ1v) is 12.0. The van der Waals surface area contributed by atoms with Crippen LogP contribution in [0, 0.1) is 17.8 Å². The SMILES string of the molecule is CC(C)Oc1ccccc1-c1cc(C(=O)N[C@H](C)[C@@H]2C[C@H]3CC[C@H]2C3)c2ccccc2n1. The molecule has 166 valence electrons. The van der Waals surface area contributed by atoms with Gasteiger partial charge < -0.3 is 10.1 Å². The van der Waals surface area contributed by atoms with Crippen molar-refractivity contribution < 1.29 is 9.53 Å². The summed E-state index contributed by atoms with van der Waals surface area (Å²) in [5, 5.41) is 4.23. The highest BCUT2D eigenvalue weighted by atomic mass is 16.5. The van der Waals surface area contributed by atoms with Gasteiger partial charge in [0.1, 0.15) is 5.75 Å². The molecular formula is C28H32N2O2. The van der Waals surface area contributed by atoms with Crippen LogP contribution in [0.5, 0.6) is 5.75 Å². The second kappa shape index (κ2) is 8.57. The third-order valence-corrected chi connectivity index (χ3v) is 7.28. The summed E-state index contributed by atoms with van der Waals surface area (Å²) in [6.07, 6.45) is 5.36. The molecule has 1 N–H and O–H groups in total. The largest absolute Gasteiger partial charge is 0.490 e. The lowest BCUT2D eigenvalue weighted by molar-refractivity contribution is 0.0917. The van der Waals surface area contributed by atoms with E-state index in [2.05, 4.69) is 12.2 Å². The monoisotopic (exact) mass is 428 g/mol. The van der Waals surface area contributed by atoms with Crippen molar-refractivity contribution >= 4 is 16.8 Å². The highest BCUT2D eigenvalue weighted by Crippen LogP contribution is 2.49. The molecule has 2 aromatic carbocycles. The van der Waals surface area contributed by atoms with E-state index in [-0.39, 0.29) is 18.1 Å². The Morgan fingerprint density at radius 3 is 2.56 bits per heavy atom. The number of carbonyl (C=O) groups excluding carboxylic acids is 1. The molecule has 0 spiro atoms. The van der Waals surface area contributed by atoms with E-state index in [9.17, 15) is 4.79 Å². The Labute approximate surface area is 190 Å². The van der Waals surface area contributed by atoms with Gasteiger partial charge in [-0.3, -0.25) is 4.79 Å². The Kier molecular flexibility index (Phi) is 5.62. The van der Waals surface area contributed by atoms with Crippen LogP contribution in [0.3, 0.4) is 0 Å². The summed E-state index contributed by atoms with van der Waals surface area (Å²) in [5.41, 5.74) is 3.17. The maximum Gasteiger partial charge on any atom is 0.252 e. The van der Waals surface area contributed by atoms with Crippen molar-refractivity contribution in [2.45, 2.75) is 58.6 Å². The highest BCUT2D eigenvalue weighted by Gasteiger charge is 2.42. The highest BCUT2D eigenvalue weighted by molar-refractivity contribution is 6.07. The van der Waals surface area contributed by atoms with Crippen LogP contribution in [-0.4, -0.2) is 23.0 Å².